The van der Waals surface area contributed by atoms with Gasteiger partial charge in [-0.1, -0.05) is 48.5 Å². The molecule has 0 radical (unpaired) electrons. The highest BCUT2D eigenvalue weighted by Gasteiger charge is 2.64. The largest absolute Gasteiger partial charge is 0.300 e. The van der Waals surface area contributed by atoms with Gasteiger partial charge in [0, 0.05) is 18.4 Å². The summed E-state index contributed by atoms with van der Waals surface area (Å²) in [5.41, 5.74) is 0.663. The molecule has 2 atom stereocenters. The van der Waals surface area contributed by atoms with Crippen LogP contribution in [0, 0.1) is 5.41 Å². The number of rotatable bonds is 2. The normalized spacial score (nSPS) is 25.8. The highest BCUT2D eigenvalue weighted by molar-refractivity contribution is 6.12. The molecule has 25 heavy (non-hydrogen) atoms. The monoisotopic (exact) mass is 333 g/mol. The third kappa shape index (κ3) is 2.40. The van der Waals surface area contributed by atoms with Crippen molar-refractivity contribution in [1.29, 1.82) is 0 Å². The summed E-state index contributed by atoms with van der Waals surface area (Å²) in [5, 5.41) is 0. The smallest absolute Gasteiger partial charge is 0.261 e. The molecule has 2 aromatic carbocycles. The number of carbonyl (C=O) groups is 3. The van der Waals surface area contributed by atoms with Gasteiger partial charge in [-0.2, -0.15) is 0 Å². The average molecular weight is 333 g/mol. The van der Waals surface area contributed by atoms with E-state index in [1.54, 1.807) is 24.3 Å². The molecule has 1 heterocycles. The standard InChI is InChI=1S/C21H19NO3/c23-17-12-7-13-21(14-17)18(15-8-3-1-4-9-15)22(20(21)25)19(24)16-10-5-2-6-11-16/h1-6,8-11,18H,7,12-14H2/t18-,21?/m0/s1. The van der Waals surface area contributed by atoms with Gasteiger partial charge in [-0.15, -0.1) is 0 Å². The molecule has 2 aliphatic rings. The predicted octanol–water partition coefficient (Wildman–Crippen LogP) is 3.54. The molecule has 1 unspecified atom stereocenters. The zero-order chi connectivity index (χ0) is 17.4. The van der Waals surface area contributed by atoms with Gasteiger partial charge in [0.15, 0.2) is 0 Å². The maximum absolute atomic E-state index is 13.0. The van der Waals surface area contributed by atoms with Crippen LogP contribution in [0.25, 0.3) is 0 Å². The number of hydrogen-bond donors (Lipinski definition) is 0. The number of nitrogens with zero attached hydrogens (tertiary/aromatic N) is 1. The fourth-order valence-electron chi connectivity index (χ4n) is 4.23. The molecule has 4 rings (SSSR count). The SMILES string of the molecule is O=C1CCCC2(C1)C(=O)N(C(=O)c1ccccc1)[C@H]2c1ccccc1. The van der Waals surface area contributed by atoms with Crippen LogP contribution in [0.5, 0.6) is 0 Å². The van der Waals surface area contributed by atoms with E-state index in [4.69, 9.17) is 0 Å². The van der Waals surface area contributed by atoms with Gasteiger partial charge in [0.2, 0.25) is 5.91 Å². The van der Waals surface area contributed by atoms with Gasteiger partial charge in [-0.3, -0.25) is 19.3 Å². The quantitative estimate of drug-likeness (QED) is 0.624. The molecule has 4 nitrogen and oxygen atoms in total. The Labute approximate surface area is 146 Å². The van der Waals surface area contributed by atoms with Gasteiger partial charge in [0.1, 0.15) is 5.78 Å². The van der Waals surface area contributed by atoms with Crippen LogP contribution in [0.2, 0.25) is 0 Å². The van der Waals surface area contributed by atoms with Gasteiger partial charge in [0.05, 0.1) is 11.5 Å². The van der Waals surface area contributed by atoms with E-state index >= 15 is 0 Å². The first-order valence-corrected chi connectivity index (χ1v) is 8.63. The number of amides is 2. The van der Waals surface area contributed by atoms with Gasteiger partial charge in [0.25, 0.3) is 5.91 Å². The summed E-state index contributed by atoms with van der Waals surface area (Å²) in [6, 6.07) is 18.1. The second kappa shape index (κ2) is 5.96. The van der Waals surface area contributed by atoms with E-state index in [0.29, 0.717) is 24.8 Å². The number of Topliss-reactive ketones (excluding diaryl/α,β-unsaturated/α-hetero) is 1. The Morgan fingerprint density at radius 2 is 1.60 bits per heavy atom. The van der Waals surface area contributed by atoms with Crippen molar-refractivity contribution in [1.82, 2.24) is 4.90 Å². The molecule has 1 saturated carbocycles. The van der Waals surface area contributed by atoms with Gasteiger partial charge >= 0.3 is 0 Å². The van der Waals surface area contributed by atoms with Crippen LogP contribution in [-0.4, -0.2) is 22.5 Å². The summed E-state index contributed by atoms with van der Waals surface area (Å²) in [6.07, 6.45) is 2.14. The molecule has 0 N–H and O–H groups in total. The molecule has 0 bridgehead atoms. The first-order valence-electron chi connectivity index (χ1n) is 8.63. The highest BCUT2D eigenvalue weighted by Crippen LogP contribution is 2.57. The Morgan fingerprint density at radius 3 is 2.24 bits per heavy atom. The maximum atomic E-state index is 13.0. The first kappa shape index (κ1) is 15.8. The van der Waals surface area contributed by atoms with Gasteiger partial charge < -0.3 is 0 Å². The van der Waals surface area contributed by atoms with Crippen LogP contribution in [0.1, 0.15) is 47.6 Å². The number of ketones is 1. The Balaban J connectivity index is 1.75. The van der Waals surface area contributed by atoms with Crippen molar-refractivity contribution in [3.63, 3.8) is 0 Å². The zero-order valence-electron chi connectivity index (χ0n) is 13.9. The van der Waals surface area contributed by atoms with Crippen LogP contribution in [0.3, 0.4) is 0 Å². The summed E-state index contributed by atoms with van der Waals surface area (Å²) in [7, 11) is 0. The van der Waals surface area contributed by atoms with E-state index in [2.05, 4.69) is 0 Å². The second-order valence-electron chi connectivity index (χ2n) is 6.88. The Bertz CT molecular complexity index is 831. The topological polar surface area (TPSA) is 54.5 Å². The molecule has 1 saturated heterocycles. The van der Waals surface area contributed by atoms with Crippen LogP contribution < -0.4 is 0 Å². The Morgan fingerprint density at radius 1 is 0.960 bits per heavy atom. The van der Waals surface area contributed by atoms with Crippen molar-refractivity contribution in [3.05, 3.63) is 71.8 Å². The lowest BCUT2D eigenvalue weighted by Gasteiger charge is -2.56. The van der Waals surface area contributed by atoms with E-state index < -0.39 is 5.41 Å². The van der Waals surface area contributed by atoms with Crippen molar-refractivity contribution < 1.29 is 14.4 Å². The third-order valence-electron chi connectivity index (χ3n) is 5.37. The fourth-order valence-corrected chi connectivity index (χ4v) is 4.23. The number of β-lactam (4-membered cyclic amide) rings is 1. The lowest BCUT2D eigenvalue weighted by molar-refractivity contribution is -0.173. The van der Waals surface area contributed by atoms with E-state index in [1.165, 1.54) is 4.90 Å². The summed E-state index contributed by atoms with van der Waals surface area (Å²) in [6.45, 7) is 0. The number of carbonyl (C=O) groups excluding carboxylic acids is 3. The minimum Gasteiger partial charge on any atom is -0.300 e. The zero-order valence-corrected chi connectivity index (χ0v) is 13.9. The second-order valence-corrected chi connectivity index (χ2v) is 6.88. The molecule has 2 fully saturated rings. The summed E-state index contributed by atoms with van der Waals surface area (Å²) in [4.78, 5) is 39.4. The molecule has 1 aliphatic carbocycles. The minimum atomic E-state index is -0.749. The fraction of sp³-hybridized carbons (Fsp3) is 0.286. The van der Waals surface area contributed by atoms with Crippen LogP contribution in [0.4, 0.5) is 0 Å². The molecular weight excluding hydrogens is 314 g/mol. The van der Waals surface area contributed by atoms with E-state index in [-0.39, 0.29) is 30.1 Å². The van der Waals surface area contributed by atoms with Crippen molar-refractivity contribution in [2.45, 2.75) is 31.7 Å². The molecular formula is C21H19NO3. The first-order chi connectivity index (χ1) is 12.1. The molecule has 1 spiro atoms. The lowest BCUT2D eigenvalue weighted by Crippen LogP contribution is -2.66. The minimum absolute atomic E-state index is 0.118. The van der Waals surface area contributed by atoms with E-state index in [9.17, 15) is 14.4 Å². The Kier molecular flexibility index (Phi) is 3.75. The lowest BCUT2D eigenvalue weighted by atomic mass is 9.59. The maximum Gasteiger partial charge on any atom is 0.261 e. The molecule has 4 heteroatoms. The molecule has 2 amide bonds. The average Bonchev–Trinajstić information content (AvgIpc) is 2.66. The summed E-state index contributed by atoms with van der Waals surface area (Å²) < 4.78 is 0. The van der Waals surface area contributed by atoms with Crippen LogP contribution in [-0.2, 0) is 9.59 Å². The van der Waals surface area contributed by atoms with Gasteiger partial charge in [-0.05, 0) is 30.5 Å². The molecule has 126 valence electrons. The molecule has 0 aromatic heterocycles. The van der Waals surface area contributed by atoms with Crippen LogP contribution in [0.15, 0.2) is 60.7 Å². The third-order valence-corrected chi connectivity index (χ3v) is 5.37. The summed E-state index contributed by atoms with van der Waals surface area (Å²) >= 11 is 0. The van der Waals surface area contributed by atoms with Crippen molar-refractivity contribution >= 4 is 17.6 Å². The molecule has 1 aliphatic heterocycles. The van der Waals surface area contributed by atoms with Crippen molar-refractivity contribution in [2.24, 2.45) is 5.41 Å². The predicted molar refractivity (Wildman–Crippen MR) is 92.7 cm³/mol. The highest BCUT2D eigenvalue weighted by atomic mass is 16.2. The van der Waals surface area contributed by atoms with Gasteiger partial charge in [-0.25, -0.2) is 0 Å². The van der Waals surface area contributed by atoms with Crippen molar-refractivity contribution in [3.8, 4) is 0 Å². The number of hydrogen-bond acceptors (Lipinski definition) is 3. The number of benzene rings is 2. The number of likely N-dealkylation sites (tertiary alicyclic amines) is 1. The Hall–Kier alpha value is -2.75. The van der Waals surface area contributed by atoms with Crippen LogP contribution >= 0.6 is 0 Å². The molecule has 2 aromatic rings. The van der Waals surface area contributed by atoms with E-state index in [1.807, 2.05) is 36.4 Å². The number of imide groups is 1. The summed E-state index contributed by atoms with van der Waals surface area (Å²) in [5.74, 6) is -0.376. The van der Waals surface area contributed by atoms with Crippen molar-refractivity contribution in [2.75, 3.05) is 0 Å². The van der Waals surface area contributed by atoms with E-state index in [0.717, 1.165) is 5.56 Å².